The van der Waals surface area contributed by atoms with Crippen LogP contribution in [0.15, 0.2) is 10.7 Å². The summed E-state index contributed by atoms with van der Waals surface area (Å²) in [5, 5.41) is 4.16. The van der Waals surface area contributed by atoms with E-state index in [1.54, 1.807) is 0 Å². The fraction of sp³-hybridized carbons (Fsp3) is 0.667. The zero-order valence-electron chi connectivity index (χ0n) is 8.75. The first-order valence-electron chi connectivity index (χ1n) is 4.51. The number of aryl methyl sites for hydroxylation is 1. The van der Waals surface area contributed by atoms with Crippen molar-refractivity contribution < 1.29 is 0 Å². The van der Waals surface area contributed by atoms with Gasteiger partial charge in [0.25, 0.3) is 0 Å². The molecule has 5 heteroatoms. The van der Waals surface area contributed by atoms with Gasteiger partial charge in [-0.25, -0.2) is 0 Å². The van der Waals surface area contributed by atoms with Gasteiger partial charge in [-0.1, -0.05) is 20.8 Å². The van der Waals surface area contributed by atoms with Gasteiger partial charge in [0, 0.05) is 16.7 Å². The lowest BCUT2D eigenvalue weighted by Crippen LogP contribution is -2.11. The molecule has 2 N–H and O–H groups in total. The number of aromatic nitrogens is 2. The van der Waals surface area contributed by atoms with Crippen LogP contribution in [0.3, 0.4) is 0 Å². The number of rotatable bonds is 3. The number of thioether (sulfide) groups is 1. The predicted molar refractivity (Wildman–Crippen MR) is 66.6 cm³/mol. The molecule has 1 heterocycles. The van der Waals surface area contributed by atoms with E-state index in [1.807, 2.05) is 22.6 Å². The van der Waals surface area contributed by atoms with Gasteiger partial charge in [0.2, 0.25) is 0 Å². The van der Waals surface area contributed by atoms with Crippen LogP contribution < -0.4 is 5.73 Å². The quantitative estimate of drug-likeness (QED) is 0.924. The minimum absolute atomic E-state index is 0.315. The van der Waals surface area contributed by atoms with Crippen molar-refractivity contribution in [2.75, 3.05) is 11.5 Å². The van der Waals surface area contributed by atoms with E-state index < -0.39 is 0 Å². The van der Waals surface area contributed by atoms with E-state index in [-0.39, 0.29) is 0 Å². The minimum Gasteiger partial charge on any atom is -0.381 e. The van der Waals surface area contributed by atoms with Crippen molar-refractivity contribution in [2.45, 2.75) is 32.1 Å². The molecule has 0 atom stereocenters. The Morgan fingerprint density at radius 3 is 2.64 bits per heavy atom. The molecule has 3 nitrogen and oxygen atoms in total. The molecule has 0 bridgehead atoms. The Kier molecular flexibility index (Phi) is 3.89. The molecule has 0 fully saturated rings. The molecule has 80 valence electrons. The lowest BCUT2D eigenvalue weighted by molar-refractivity contribution is 0.665. The summed E-state index contributed by atoms with van der Waals surface area (Å²) in [5.41, 5.74) is 5.61. The molecule has 0 amide bonds. The molecule has 0 aliphatic carbocycles. The molecule has 0 aliphatic heterocycles. The molecule has 0 spiro atoms. The molecule has 0 saturated carbocycles. The van der Waals surface area contributed by atoms with Crippen molar-refractivity contribution in [3.63, 3.8) is 0 Å². The highest BCUT2D eigenvalue weighted by Gasteiger charge is 2.10. The van der Waals surface area contributed by atoms with Gasteiger partial charge in [0.05, 0.1) is 11.0 Å². The van der Waals surface area contributed by atoms with Gasteiger partial charge in [-0.3, -0.25) is 4.68 Å². The van der Waals surface area contributed by atoms with E-state index in [2.05, 4.69) is 41.8 Å². The summed E-state index contributed by atoms with van der Waals surface area (Å²) in [5.74, 6) is 1.61. The number of nitrogens with zero attached hydrogens (tertiary/aromatic N) is 2. The summed E-state index contributed by atoms with van der Waals surface area (Å²) in [6.07, 6.45) is 1.92. The zero-order chi connectivity index (χ0) is 10.8. The molecular formula is C9H16BrN3S. The fourth-order valence-electron chi connectivity index (χ4n) is 0.972. The first-order valence-corrected chi connectivity index (χ1v) is 6.29. The van der Waals surface area contributed by atoms with Crippen LogP contribution in [0.5, 0.6) is 0 Å². The van der Waals surface area contributed by atoms with Crippen LogP contribution in [-0.2, 0) is 6.54 Å². The van der Waals surface area contributed by atoms with Crippen LogP contribution in [0.4, 0.5) is 5.82 Å². The van der Waals surface area contributed by atoms with E-state index >= 15 is 0 Å². The number of nitrogens with two attached hydrogens (primary N) is 1. The maximum absolute atomic E-state index is 5.61. The zero-order valence-corrected chi connectivity index (χ0v) is 11.2. The van der Waals surface area contributed by atoms with Crippen LogP contribution in [0.25, 0.3) is 0 Å². The molecule has 0 radical (unpaired) electrons. The first-order chi connectivity index (χ1) is 6.38. The maximum Gasteiger partial charge on any atom is 0.159 e. The van der Waals surface area contributed by atoms with E-state index in [9.17, 15) is 0 Å². The van der Waals surface area contributed by atoms with Crippen molar-refractivity contribution in [3.8, 4) is 0 Å². The van der Waals surface area contributed by atoms with Gasteiger partial charge < -0.3 is 5.73 Å². The van der Waals surface area contributed by atoms with Crippen molar-refractivity contribution in [2.24, 2.45) is 0 Å². The molecule has 1 aromatic rings. The van der Waals surface area contributed by atoms with Gasteiger partial charge in [-0.2, -0.15) is 16.9 Å². The van der Waals surface area contributed by atoms with Gasteiger partial charge in [0.1, 0.15) is 0 Å². The SMILES string of the molecule is CC(C)(C)SCCn1cc(Br)c(N)n1. The summed E-state index contributed by atoms with van der Waals surface area (Å²) in [4.78, 5) is 0. The van der Waals surface area contributed by atoms with Crippen LogP contribution >= 0.6 is 27.7 Å². The lowest BCUT2D eigenvalue weighted by Gasteiger charge is -2.17. The average molecular weight is 278 g/mol. The van der Waals surface area contributed by atoms with Gasteiger partial charge in [-0.15, -0.1) is 0 Å². The Morgan fingerprint density at radius 1 is 1.57 bits per heavy atom. The standard InChI is InChI=1S/C9H16BrN3S/c1-9(2,3)14-5-4-13-6-7(10)8(11)12-13/h6H,4-5H2,1-3H3,(H2,11,12). The molecule has 0 unspecified atom stereocenters. The second kappa shape index (κ2) is 4.57. The van der Waals surface area contributed by atoms with Crippen LogP contribution in [0.2, 0.25) is 0 Å². The summed E-state index contributed by atoms with van der Waals surface area (Å²) < 4.78 is 3.06. The summed E-state index contributed by atoms with van der Waals surface area (Å²) >= 11 is 5.26. The van der Waals surface area contributed by atoms with Crippen molar-refractivity contribution in [1.29, 1.82) is 0 Å². The largest absolute Gasteiger partial charge is 0.381 e. The summed E-state index contributed by atoms with van der Waals surface area (Å²) in [6.45, 7) is 7.54. The van der Waals surface area contributed by atoms with Crippen LogP contribution in [-0.4, -0.2) is 20.3 Å². The van der Waals surface area contributed by atoms with Crippen molar-refractivity contribution >= 4 is 33.5 Å². The summed E-state index contributed by atoms with van der Waals surface area (Å²) in [7, 11) is 0. The Morgan fingerprint density at radius 2 is 2.21 bits per heavy atom. The van der Waals surface area contributed by atoms with Gasteiger partial charge in [-0.05, 0) is 15.9 Å². The Hall–Kier alpha value is -0.160. The monoisotopic (exact) mass is 277 g/mol. The highest BCUT2D eigenvalue weighted by Crippen LogP contribution is 2.23. The van der Waals surface area contributed by atoms with Crippen molar-refractivity contribution in [1.82, 2.24) is 9.78 Å². The molecule has 14 heavy (non-hydrogen) atoms. The number of anilines is 1. The van der Waals surface area contributed by atoms with E-state index in [0.717, 1.165) is 16.8 Å². The molecule has 0 aliphatic rings. The van der Waals surface area contributed by atoms with Gasteiger partial charge in [0.15, 0.2) is 5.82 Å². The third kappa shape index (κ3) is 3.92. The number of nitrogen functional groups attached to an aromatic ring is 1. The summed E-state index contributed by atoms with van der Waals surface area (Å²) in [6, 6.07) is 0. The smallest absolute Gasteiger partial charge is 0.159 e. The molecule has 0 saturated heterocycles. The predicted octanol–water partition coefficient (Wildman–Crippen LogP) is 2.76. The number of halogens is 1. The third-order valence-corrected chi connectivity index (χ3v) is 3.46. The number of hydrogen-bond acceptors (Lipinski definition) is 3. The fourth-order valence-corrected chi connectivity index (χ4v) is 2.18. The topological polar surface area (TPSA) is 43.8 Å². The average Bonchev–Trinajstić information content (AvgIpc) is 2.28. The minimum atomic E-state index is 0.315. The highest BCUT2D eigenvalue weighted by molar-refractivity contribution is 9.10. The maximum atomic E-state index is 5.61. The van der Waals surface area contributed by atoms with Crippen LogP contribution in [0, 0.1) is 0 Å². The third-order valence-electron chi connectivity index (χ3n) is 1.60. The lowest BCUT2D eigenvalue weighted by atomic mass is 10.3. The van der Waals surface area contributed by atoms with E-state index in [4.69, 9.17) is 5.73 Å². The Labute approximate surface area is 97.6 Å². The molecular weight excluding hydrogens is 262 g/mol. The van der Waals surface area contributed by atoms with Crippen molar-refractivity contribution in [3.05, 3.63) is 10.7 Å². The Bertz CT molecular complexity index is 284. The van der Waals surface area contributed by atoms with E-state index in [0.29, 0.717) is 10.6 Å². The molecule has 0 aromatic carbocycles. The van der Waals surface area contributed by atoms with Crippen LogP contribution in [0.1, 0.15) is 20.8 Å². The normalized spacial score (nSPS) is 12.0. The number of hydrogen-bond donors (Lipinski definition) is 1. The first kappa shape index (κ1) is 11.9. The second-order valence-corrected chi connectivity index (χ2v) is 6.86. The molecule has 1 aromatic heterocycles. The van der Waals surface area contributed by atoms with Gasteiger partial charge >= 0.3 is 0 Å². The highest BCUT2D eigenvalue weighted by atomic mass is 79.9. The molecule has 1 rings (SSSR count). The van der Waals surface area contributed by atoms with E-state index in [1.165, 1.54) is 0 Å². The second-order valence-electron chi connectivity index (χ2n) is 4.09. The Balaban J connectivity index is 2.39.